The molecule has 0 fully saturated rings. The van der Waals surface area contributed by atoms with E-state index in [0.717, 1.165) is 34.8 Å². The molecule has 1 amide bonds. The van der Waals surface area contributed by atoms with Gasteiger partial charge in [-0.25, -0.2) is 0 Å². The van der Waals surface area contributed by atoms with Gasteiger partial charge in [0.1, 0.15) is 11.5 Å². The lowest BCUT2D eigenvalue weighted by Crippen LogP contribution is -2.27. The van der Waals surface area contributed by atoms with Crippen LogP contribution >= 0.6 is 0 Å². The lowest BCUT2D eigenvalue weighted by atomic mass is 10.1. The summed E-state index contributed by atoms with van der Waals surface area (Å²) in [5, 5.41) is 6.81. The van der Waals surface area contributed by atoms with E-state index >= 15 is 0 Å². The minimum atomic E-state index is -0.00462. The third kappa shape index (κ3) is 4.08. The fourth-order valence-corrected chi connectivity index (χ4v) is 2.22. The number of hydrogen-bond acceptors (Lipinski definition) is 4. The number of nitrogens with one attached hydrogen (secondary N) is 1. The molecule has 2 rings (SSSR count). The van der Waals surface area contributed by atoms with Crippen molar-refractivity contribution in [2.45, 2.75) is 26.7 Å². The SMILES string of the molecule is COc1cccc(CC(=O)NCCc2c(C)noc2C)c1. The van der Waals surface area contributed by atoms with Crippen LogP contribution in [0.2, 0.25) is 0 Å². The van der Waals surface area contributed by atoms with E-state index < -0.39 is 0 Å². The van der Waals surface area contributed by atoms with Crippen LogP contribution in [0.25, 0.3) is 0 Å². The Morgan fingerprint density at radius 3 is 2.86 bits per heavy atom. The average molecular weight is 288 g/mol. The summed E-state index contributed by atoms with van der Waals surface area (Å²) < 4.78 is 10.2. The van der Waals surface area contributed by atoms with Crippen LogP contribution in [-0.4, -0.2) is 24.7 Å². The van der Waals surface area contributed by atoms with Crippen molar-refractivity contribution in [3.63, 3.8) is 0 Å². The van der Waals surface area contributed by atoms with Crippen LogP contribution in [0, 0.1) is 13.8 Å². The highest BCUT2D eigenvalue weighted by Gasteiger charge is 2.09. The van der Waals surface area contributed by atoms with Gasteiger partial charge < -0.3 is 14.6 Å². The van der Waals surface area contributed by atoms with E-state index in [1.807, 2.05) is 38.1 Å². The first-order valence-corrected chi connectivity index (χ1v) is 6.91. The molecular weight excluding hydrogens is 268 g/mol. The van der Waals surface area contributed by atoms with Crippen molar-refractivity contribution in [3.05, 3.63) is 46.8 Å². The summed E-state index contributed by atoms with van der Waals surface area (Å²) in [5.74, 6) is 1.57. The lowest BCUT2D eigenvalue weighted by molar-refractivity contribution is -0.120. The van der Waals surface area contributed by atoms with Crippen LogP contribution in [-0.2, 0) is 17.6 Å². The van der Waals surface area contributed by atoms with E-state index in [2.05, 4.69) is 10.5 Å². The molecule has 0 saturated carbocycles. The van der Waals surface area contributed by atoms with Crippen molar-refractivity contribution in [2.75, 3.05) is 13.7 Å². The second kappa shape index (κ2) is 6.92. The Hall–Kier alpha value is -2.30. The molecule has 0 unspecified atom stereocenters. The van der Waals surface area contributed by atoms with Gasteiger partial charge in [-0.3, -0.25) is 4.79 Å². The van der Waals surface area contributed by atoms with Gasteiger partial charge >= 0.3 is 0 Å². The fraction of sp³-hybridized carbons (Fsp3) is 0.375. The first-order chi connectivity index (χ1) is 10.1. The Bertz CT molecular complexity index is 600. The van der Waals surface area contributed by atoms with E-state index in [-0.39, 0.29) is 5.91 Å². The molecule has 2 aromatic rings. The number of benzene rings is 1. The molecule has 1 aromatic carbocycles. The van der Waals surface area contributed by atoms with Gasteiger partial charge in [0.2, 0.25) is 5.91 Å². The molecule has 0 atom stereocenters. The minimum absolute atomic E-state index is 0.00462. The molecule has 0 spiro atoms. The number of rotatable bonds is 6. The predicted octanol–water partition coefficient (Wildman–Crippen LogP) is 2.20. The standard InChI is InChI=1S/C16H20N2O3/c1-11-15(12(2)21-18-11)7-8-17-16(19)10-13-5-4-6-14(9-13)20-3/h4-6,9H,7-8,10H2,1-3H3,(H,17,19). The van der Waals surface area contributed by atoms with Crippen molar-refractivity contribution in [3.8, 4) is 5.75 Å². The summed E-state index contributed by atoms with van der Waals surface area (Å²) in [7, 11) is 1.61. The Morgan fingerprint density at radius 2 is 2.19 bits per heavy atom. The molecule has 0 aliphatic rings. The molecule has 112 valence electrons. The molecule has 0 radical (unpaired) electrons. The molecule has 0 aliphatic heterocycles. The van der Waals surface area contributed by atoms with E-state index in [4.69, 9.17) is 9.26 Å². The maximum atomic E-state index is 11.9. The molecule has 1 N–H and O–H groups in total. The molecule has 21 heavy (non-hydrogen) atoms. The molecule has 0 aliphatic carbocycles. The maximum Gasteiger partial charge on any atom is 0.224 e. The normalized spacial score (nSPS) is 10.4. The van der Waals surface area contributed by atoms with E-state index in [0.29, 0.717) is 13.0 Å². The van der Waals surface area contributed by atoms with Gasteiger partial charge in [0.05, 0.1) is 19.2 Å². The van der Waals surface area contributed by atoms with Crippen LogP contribution < -0.4 is 10.1 Å². The summed E-state index contributed by atoms with van der Waals surface area (Å²) in [4.78, 5) is 11.9. The molecule has 5 nitrogen and oxygen atoms in total. The number of nitrogens with zero attached hydrogens (tertiary/aromatic N) is 1. The number of carbonyl (C=O) groups is 1. The fourth-order valence-electron chi connectivity index (χ4n) is 2.22. The number of carbonyl (C=O) groups excluding carboxylic acids is 1. The van der Waals surface area contributed by atoms with Crippen molar-refractivity contribution >= 4 is 5.91 Å². The van der Waals surface area contributed by atoms with Gasteiger partial charge in [-0.1, -0.05) is 17.3 Å². The molecule has 0 saturated heterocycles. The van der Waals surface area contributed by atoms with Crippen LogP contribution in [0.1, 0.15) is 22.6 Å². The van der Waals surface area contributed by atoms with Gasteiger partial charge in [0, 0.05) is 12.1 Å². The van der Waals surface area contributed by atoms with Crippen molar-refractivity contribution < 1.29 is 14.1 Å². The van der Waals surface area contributed by atoms with Gasteiger partial charge in [-0.05, 0) is 38.0 Å². The van der Waals surface area contributed by atoms with Crippen LogP contribution in [0.15, 0.2) is 28.8 Å². The average Bonchev–Trinajstić information content (AvgIpc) is 2.79. The zero-order chi connectivity index (χ0) is 15.2. The zero-order valence-corrected chi connectivity index (χ0v) is 12.6. The highest BCUT2D eigenvalue weighted by atomic mass is 16.5. The Balaban J connectivity index is 1.82. The number of ether oxygens (including phenoxy) is 1. The Labute approximate surface area is 124 Å². The van der Waals surface area contributed by atoms with E-state index in [9.17, 15) is 4.79 Å². The molecule has 0 bridgehead atoms. The summed E-state index contributed by atoms with van der Waals surface area (Å²) >= 11 is 0. The summed E-state index contributed by atoms with van der Waals surface area (Å²) in [6.45, 7) is 4.36. The highest BCUT2D eigenvalue weighted by molar-refractivity contribution is 5.78. The summed E-state index contributed by atoms with van der Waals surface area (Å²) in [5.41, 5.74) is 2.88. The van der Waals surface area contributed by atoms with Gasteiger partial charge in [0.25, 0.3) is 0 Å². The third-order valence-corrected chi connectivity index (χ3v) is 3.38. The number of aryl methyl sites for hydroxylation is 2. The molecule has 1 aromatic heterocycles. The number of hydrogen-bond donors (Lipinski definition) is 1. The van der Waals surface area contributed by atoms with Gasteiger partial charge in [-0.2, -0.15) is 0 Å². The quantitative estimate of drug-likeness (QED) is 0.885. The predicted molar refractivity (Wildman–Crippen MR) is 79.4 cm³/mol. The van der Waals surface area contributed by atoms with Crippen LogP contribution in [0.4, 0.5) is 0 Å². The monoisotopic (exact) mass is 288 g/mol. The van der Waals surface area contributed by atoms with E-state index in [1.54, 1.807) is 7.11 Å². The maximum absolute atomic E-state index is 11.9. The van der Waals surface area contributed by atoms with Crippen molar-refractivity contribution in [1.29, 1.82) is 0 Å². The van der Waals surface area contributed by atoms with Gasteiger partial charge in [0.15, 0.2) is 0 Å². The summed E-state index contributed by atoms with van der Waals surface area (Å²) in [6, 6.07) is 7.52. The minimum Gasteiger partial charge on any atom is -0.497 e. The molecular formula is C16H20N2O3. The third-order valence-electron chi connectivity index (χ3n) is 3.38. The number of aromatic nitrogens is 1. The van der Waals surface area contributed by atoms with Crippen LogP contribution in [0.5, 0.6) is 5.75 Å². The second-order valence-electron chi connectivity index (χ2n) is 4.93. The Morgan fingerprint density at radius 1 is 1.38 bits per heavy atom. The first-order valence-electron chi connectivity index (χ1n) is 6.91. The number of amides is 1. The zero-order valence-electron chi connectivity index (χ0n) is 12.6. The van der Waals surface area contributed by atoms with Crippen molar-refractivity contribution in [2.24, 2.45) is 0 Å². The van der Waals surface area contributed by atoms with E-state index in [1.165, 1.54) is 0 Å². The highest BCUT2D eigenvalue weighted by Crippen LogP contribution is 2.13. The van der Waals surface area contributed by atoms with Crippen LogP contribution in [0.3, 0.4) is 0 Å². The smallest absolute Gasteiger partial charge is 0.224 e. The largest absolute Gasteiger partial charge is 0.497 e. The number of methoxy groups -OCH3 is 1. The topological polar surface area (TPSA) is 64.4 Å². The lowest BCUT2D eigenvalue weighted by Gasteiger charge is -2.06. The van der Waals surface area contributed by atoms with Crippen molar-refractivity contribution in [1.82, 2.24) is 10.5 Å². The summed E-state index contributed by atoms with van der Waals surface area (Å²) in [6.07, 6.45) is 1.07. The molecule has 5 heteroatoms. The van der Waals surface area contributed by atoms with Gasteiger partial charge in [-0.15, -0.1) is 0 Å². The molecule has 1 heterocycles. The first kappa shape index (κ1) is 15.1. The Kier molecular flexibility index (Phi) is 4.98. The second-order valence-corrected chi connectivity index (χ2v) is 4.93.